The van der Waals surface area contributed by atoms with Gasteiger partial charge in [0.25, 0.3) is 0 Å². The third-order valence-corrected chi connectivity index (χ3v) is 2.81. The highest BCUT2D eigenvalue weighted by molar-refractivity contribution is 8.00. The minimum Gasteiger partial charge on any atom is -0.478 e. The summed E-state index contributed by atoms with van der Waals surface area (Å²) >= 11 is 1.23. The molecule has 0 aliphatic rings. The number of aromatic carboxylic acids is 1. The van der Waals surface area contributed by atoms with Crippen molar-refractivity contribution < 1.29 is 14.7 Å². The number of benzene rings is 1. The van der Waals surface area contributed by atoms with Crippen LogP contribution >= 0.6 is 11.8 Å². The lowest BCUT2D eigenvalue weighted by Gasteiger charge is -2.02. The summed E-state index contributed by atoms with van der Waals surface area (Å²) in [5, 5.41) is 19.4. The summed E-state index contributed by atoms with van der Waals surface area (Å²) in [6, 6.07) is 8.15. The van der Waals surface area contributed by atoms with Crippen LogP contribution in [-0.2, 0) is 4.79 Å². The molecule has 1 aromatic rings. The van der Waals surface area contributed by atoms with Crippen LogP contribution in [0.3, 0.4) is 0 Å². The molecule has 0 bridgehead atoms. The van der Waals surface area contributed by atoms with E-state index in [1.165, 1.54) is 23.9 Å². The van der Waals surface area contributed by atoms with Crippen LogP contribution < -0.4 is 5.32 Å². The van der Waals surface area contributed by atoms with Crippen molar-refractivity contribution in [3.05, 3.63) is 29.8 Å². The molecule has 0 atom stereocenters. The van der Waals surface area contributed by atoms with E-state index in [4.69, 9.17) is 10.4 Å². The number of thioether (sulfide) groups is 1. The summed E-state index contributed by atoms with van der Waals surface area (Å²) < 4.78 is 0. The van der Waals surface area contributed by atoms with Gasteiger partial charge in [0.05, 0.1) is 17.4 Å². The molecule has 0 radical (unpaired) electrons. The summed E-state index contributed by atoms with van der Waals surface area (Å²) in [5.74, 6) is -1.09. The van der Waals surface area contributed by atoms with Crippen molar-refractivity contribution in [3.63, 3.8) is 0 Å². The van der Waals surface area contributed by atoms with Crippen LogP contribution in [0.5, 0.6) is 0 Å². The number of nitrogens with one attached hydrogen (secondary N) is 1. The highest BCUT2D eigenvalue weighted by Crippen LogP contribution is 2.18. The summed E-state index contributed by atoms with van der Waals surface area (Å²) in [7, 11) is 0. The van der Waals surface area contributed by atoms with Crippen LogP contribution in [0.15, 0.2) is 29.2 Å². The third-order valence-electron chi connectivity index (χ3n) is 1.82. The van der Waals surface area contributed by atoms with E-state index < -0.39 is 5.97 Å². The largest absolute Gasteiger partial charge is 0.478 e. The molecule has 0 aliphatic heterocycles. The molecule has 0 unspecified atom stereocenters. The minimum atomic E-state index is -0.999. The Morgan fingerprint density at radius 3 is 2.88 bits per heavy atom. The molecule has 1 aromatic carbocycles. The second-order valence-electron chi connectivity index (χ2n) is 3.06. The Morgan fingerprint density at radius 1 is 1.47 bits per heavy atom. The molecule has 0 spiro atoms. The molecule has 2 N–H and O–H groups in total. The van der Waals surface area contributed by atoms with Crippen LogP contribution in [0, 0.1) is 11.3 Å². The molecule has 0 saturated heterocycles. The predicted molar refractivity (Wildman–Crippen MR) is 62.7 cm³/mol. The SMILES string of the molecule is N#CCNC(=O)CSc1cccc(C(=O)O)c1. The number of amides is 1. The third kappa shape index (κ3) is 4.57. The zero-order chi connectivity index (χ0) is 12.7. The number of carboxylic acids is 1. The Labute approximate surface area is 102 Å². The van der Waals surface area contributed by atoms with Gasteiger partial charge in [-0.1, -0.05) is 6.07 Å². The van der Waals surface area contributed by atoms with Gasteiger partial charge in [-0.25, -0.2) is 4.79 Å². The number of hydrogen-bond acceptors (Lipinski definition) is 4. The molecule has 0 saturated carbocycles. The van der Waals surface area contributed by atoms with Gasteiger partial charge in [0, 0.05) is 4.90 Å². The molecule has 6 heteroatoms. The normalized spacial score (nSPS) is 9.35. The summed E-state index contributed by atoms with van der Waals surface area (Å²) in [5.41, 5.74) is 0.187. The van der Waals surface area contributed by atoms with Crippen molar-refractivity contribution in [3.8, 4) is 6.07 Å². The zero-order valence-electron chi connectivity index (χ0n) is 8.84. The topological polar surface area (TPSA) is 90.2 Å². The average molecular weight is 250 g/mol. The summed E-state index contributed by atoms with van der Waals surface area (Å²) in [6.45, 7) is -0.0193. The van der Waals surface area contributed by atoms with Gasteiger partial charge in [0.1, 0.15) is 6.54 Å². The number of carbonyl (C=O) groups excluding carboxylic acids is 1. The van der Waals surface area contributed by atoms with E-state index in [1.54, 1.807) is 18.2 Å². The zero-order valence-corrected chi connectivity index (χ0v) is 9.66. The van der Waals surface area contributed by atoms with Crippen molar-refractivity contribution in [2.24, 2.45) is 0 Å². The van der Waals surface area contributed by atoms with E-state index in [0.29, 0.717) is 4.90 Å². The van der Waals surface area contributed by atoms with E-state index >= 15 is 0 Å². The second kappa shape index (κ2) is 6.55. The Kier molecular flexibility index (Phi) is 5.04. The van der Waals surface area contributed by atoms with Gasteiger partial charge >= 0.3 is 5.97 Å². The average Bonchev–Trinajstić information content (AvgIpc) is 2.34. The molecule has 0 fully saturated rings. The molecule has 17 heavy (non-hydrogen) atoms. The van der Waals surface area contributed by atoms with Crippen molar-refractivity contribution >= 4 is 23.6 Å². The number of carbonyl (C=O) groups is 2. The molecule has 1 rings (SSSR count). The molecule has 5 nitrogen and oxygen atoms in total. The second-order valence-corrected chi connectivity index (χ2v) is 4.11. The highest BCUT2D eigenvalue weighted by atomic mass is 32.2. The van der Waals surface area contributed by atoms with Gasteiger partial charge in [0.15, 0.2) is 0 Å². The van der Waals surface area contributed by atoms with E-state index in [0.717, 1.165) is 0 Å². The fourth-order valence-electron chi connectivity index (χ4n) is 1.06. The first-order valence-electron chi connectivity index (χ1n) is 4.73. The first-order chi connectivity index (χ1) is 8.13. The Bertz CT molecular complexity index is 468. The summed E-state index contributed by atoms with van der Waals surface area (Å²) in [6.07, 6.45) is 0. The fraction of sp³-hybridized carbons (Fsp3) is 0.182. The van der Waals surface area contributed by atoms with E-state index in [2.05, 4.69) is 5.32 Å². The van der Waals surface area contributed by atoms with Crippen molar-refractivity contribution in [2.75, 3.05) is 12.3 Å². The van der Waals surface area contributed by atoms with Crippen LogP contribution in [0.1, 0.15) is 10.4 Å². The molecule has 0 heterocycles. The Hall–Kier alpha value is -2.00. The minimum absolute atomic E-state index is 0.0193. The number of nitrogens with zero attached hydrogens (tertiary/aromatic N) is 1. The number of hydrogen-bond donors (Lipinski definition) is 2. The molecule has 88 valence electrons. The van der Waals surface area contributed by atoms with E-state index in [1.807, 2.05) is 0 Å². The standard InChI is InChI=1S/C11H10N2O3S/c12-4-5-13-10(14)7-17-9-3-1-2-8(6-9)11(15)16/h1-3,6H,5,7H2,(H,13,14)(H,15,16). The van der Waals surface area contributed by atoms with Gasteiger partial charge in [-0.15, -0.1) is 11.8 Å². The van der Waals surface area contributed by atoms with Gasteiger partial charge in [-0.2, -0.15) is 5.26 Å². The first kappa shape index (κ1) is 13.1. The lowest BCUT2D eigenvalue weighted by atomic mass is 10.2. The lowest BCUT2D eigenvalue weighted by Crippen LogP contribution is -2.25. The van der Waals surface area contributed by atoms with Crippen LogP contribution in [0.4, 0.5) is 0 Å². The van der Waals surface area contributed by atoms with E-state index in [9.17, 15) is 9.59 Å². The molecular formula is C11H10N2O3S. The maximum Gasteiger partial charge on any atom is 0.335 e. The van der Waals surface area contributed by atoms with E-state index in [-0.39, 0.29) is 23.8 Å². The molecular weight excluding hydrogens is 240 g/mol. The molecule has 0 aromatic heterocycles. The quantitative estimate of drug-likeness (QED) is 0.603. The van der Waals surface area contributed by atoms with Gasteiger partial charge in [-0.3, -0.25) is 4.79 Å². The fourth-order valence-corrected chi connectivity index (χ4v) is 1.84. The molecule has 1 amide bonds. The maximum absolute atomic E-state index is 11.2. The maximum atomic E-state index is 11.2. The molecule has 0 aliphatic carbocycles. The van der Waals surface area contributed by atoms with Gasteiger partial charge < -0.3 is 10.4 Å². The van der Waals surface area contributed by atoms with Gasteiger partial charge in [0.2, 0.25) is 5.91 Å². The number of rotatable bonds is 5. The van der Waals surface area contributed by atoms with Crippen LogP contribution in [0.2, 0.25) is 0 Å². The van der Waals surface area contributed by atoms with Crippen molar-refractivity contribution in [2.45, 2.75) is 4.90 Å². The number of nitriles is 1. The Balaban J connectivity index is 2.52. The van der Waals surface area contributed by atoms with Crippen LogP contribution in [0.25, 0.3) is 0 Å². The monoisotopic (exact) mass is 250 g/mol. The predicted octanol–water partition coefficient (Wildman–Crippen LogP) is 1.12. The number of carboxylic acid groups (broad SMARTS) is 1. The van der Waals surface area contributed by atoms with Crippen LogP contribution in [-0.4, -0.2) is 29.3 Å². The highest BCUT2D eigenvalue weighted by Gasteiger charge is 2.05. The van der Waals surface area contributed by atoms with Gasteiger partial charge in [-0.05, 0) is 18.2 Å². The van der Waals surface area contributed by atoms with Crippen molar-refractivity contribution in [1.29, 1.82) is 5.26 Å². The van der Waals surface area contributed by atoms with Crippen molar-refractivity contribution in [1.82, 2.24) is 5.32 Å². The smallest absolute Gasteiger partial charge is 0.335 e. The lowest BCUT2D eigenvalue weighted by molar-refractivity contribution is -0.118. The summed E-state index contributed by atoms with van der Waals surface area (Å²) in [4.78, 5) is 22.6. The Morgan fingerprint density at radius 2 is 2.24 bits per heavy atom. The first-order valence-corrected chi connectivity index (χ1v) is 5.72.